The van der Waals surface area contributed by atoms with Gasteiger partial charge in [0, 0.05) is 23.6 Å². The van der Waals surface area contributed by atoms with Gasteiger partial charge in [0.2, 0.25) is 0 Å². The fraction of sp³-hybridized carbons (Fsp3) is 0.471. The van der Waals surface area contributed by atoms with Gasteiger partial charge in [-0.25, -0.2) is 0 Å². The highest BCUT2D eigenvalue weighted by molar-refractivity contribution is 5.75. The van der Waals surface area contributed by atoms with E-state index >= 15 is 0 Å². The number of hydrogen-bond acceptors (Lipinski definition) is 3. The molecule has 2 unspecified atom stereocenters. The Morgan fingerprint density at radius 3 is 2.75 bits per heavy atom. The topological polar surface area (TPSA) is 38.3 Å². The van der Waals surface area contributed by atoms with Crippen LogP contribution in [0.5, 0.6) is 0 Å². The van der Waals surface area contributed by atoms with Gasteiger partial charge in [0.05, 0.1) is 13.0 Å². The number of nitrogens with one attached hydrogen (secondary N) is 1. The number of benzene rings is 1. The normalized spacial score (nSPS) is 31.6. The van der Waals surface area contributed by atoms with Crippen molar-refractivity contribution >= 4 is 5.97 Å². The van der Waals surface area contributed by atoms with Gasteiger partial charge in [-0.1, -0.05) is 18.1 Å². The molecule has 0 amide bonds. The molecule has 4 atom stereocenters. The molecule has 3 heteroatoms. The minimum absolute atomic E-state index is 0.0876. The summed E-state index contributed by atoms with van der Waals surface area (Å²) in [6.07, 6.45) is 8.60. The maximum Gasteiger partial charge on any atom is 0.310 e. The molecule has 0 radical (unpaired) electrons. The Morgan fingerprint density at radius 2 is 2.10 bits per heavy atom. The molecule has 2 aliphatic heterocycles. The van der Waals surface area contributed by atoms with E-state index in [1.165, 1.54) is 12.7 Å². The summed E-state index contributed by atoms with van der Waals surface area (Å²) in [4.78, 5) is 12.2. The van der Waals surface area contributed by atoms with Crippen molar-refractivity contribution in [3.8, 4) is 12.3 Å². The van der Waals surface area contributed by atoms with Crippen molar-refractivity contribution < 1.29 is 9.53 Å². The Morgan fingerprint density at radius 1 is 1.35 bits per heavy atom. The first-order valence-corrected chi connectivity index (χ1v) is 7.13. The standard InChI is InChI=1S/C17H19NO2/c1-3-11-4-6-12(7-5-11)14-10-13-8-9-15(18-13)16(14)17(19)20-2/h1,4-7,13-16,18H,8-10H2,2H3/t13-,14-,15?,16?/m1/s1. The average molecular weight is 269 g/mol. The van der Waals surface area contributed by atoms with Crippen molar-refractivity contribution in [3.05, 3.63) is 35.4 Å². The molecule has 2 saturated heterocycles. The summed E-state index contributed by atoms with van der Waals surface area (Å²) in [5.74, 6) is 2.67. The molecule has 3 nitrogen and oxygen atoms in total. The molecule has 2 fully saturated rings. The Labute approximate surface area is 119 Å². The van der Waals surface area contributed by atoms with E-state index in [4.69, 9.17) is 11.2 Å². The van der Waals surface area contributed by atoms with Gasteiger partial charge in [0.1, 0.15) is 0 Å². The second kappa shape index (κ2) is 5.30. The molecule has 2 bridgehead atoms. The highest BCUT2D eigenvalue weighted by Crippen LogP contribution is 2.42. The molecule has 104 valence electrons. The van der Waals surface area contributed by atoms with Crippen molar-refractivity contribution in [2.24, 2.45) is 5.92 Å². The smallest absolute Gasteiger partial charge is 0.310 e. The van der Waals surface area contributed by atoms with E-state index in [0.717, 1.165) is 24.8 Å². The molecular weight excluding hydrogens is 250 g/mol. The summed E-state index contributed by atoms with van der Waals surface area (Å²) in [5, 5.41) is 3.54. The maximum absolute atomic E-state index is 12.2. The number of piperidine rings is 1. The zero-order valence-corrected chi connectivity index (χ0v) is 11.6. The average Bonchev–Trinajstić information content (AvgIpc) is 2.88. The summed E-state index contributed by atoms with van der Waals surface area (Å²) in [5.41, 5.74) is 2.07. The van der Waals surface area contributed by atoms with Gasteiger partial charge in [0.25, 0.3) is 0 Å². The number of carbonyl (C=O) groups excluding carboxylic acids is 1. The van der Waals surface area contributed by atoms with Crippen LogP contribution in [0.1, 0.15) is 36.3 Å². The predicted octanol–water partition coefficient (Wildman–Crippen LogP) is 2.06. The van der Waals surface area contributed by atoms with Crippen LogP contribution in [0.3, 0.4) is 0 Å². The highest BCUT2D eigenvalue weighted by Gasteiger charge is 2.46. The zero-order chi connectivity index (χ0) is 14.1. The van der Waals surface area contributed by atoms with Gasteiger partial charge in [-0.2, -0.15) is 0 Å². The van der Waals surface area contributed by atoms with Crippen LogP contribution in [0.4, 0.5) is 0 Å². The van der Waals surface area contributed by atoms with Crippen LogP contribution in [0.25, 0.3) is 0 Å². The van der Waals surface area contributed by atoms with Crippen LogP contribution in [0.2, 0.25) is 0 Å². The third-order valence-corrected chi connectivity index (χ3v) is 4.66. The summed E-state index contributed by atoms with van der Waals surface area (Å²) in [6, 6.07) is 8.79. The number of terminal acetylenes is 1. The Balaban J connectivity index is 1.92. The van der Waals surface area contributed by atoms with E-state index in [9.17, 15) is 4.79 Å². The quantitative estimate of drug-likeness (QED) is 0.660. The molecule has 1 aromatic rings. The lowest BCUT2D eigenvalue weighted by atomic mass is 9.77. The summed E-state index contributed by atoms with van der Waals surface area (Å²) < 4.78 is 5.03. The van der Waals surface area contributed by atoms with Crippen LogP contribution in [-0.4, -0.2) is 25.2 Å². The second-order valence-electron chi connectivity index (χ2n) is 5.70. The van der Waals surface area contributed by atoms with E-state index in [-0.39, 0.29) is 23.8 Å². The van der Waals surface area contributed by atoms with Crippen molar-refractivity contribution in [1.82, 2.24) is 5.32 Å². The molecule has 3 rings (SSSR count). The number of methoxy groups -OCH3 is 1. The fourth-order valence-electron chi connectivity index (χ4n) is 3.69. The van der Waals surface area contributed by atoms with Crippen LogP contribution < -0.4 is 5.32 Å². The van der Waals surface area contributed by atoms with Crippen LogP contribution in [0.15, 0.2) is 24.3 Å². The van der Waals surface area contributed by atoms with Gasteiger partial charge in [-0.15, -0.1) is 6.42 Å². The first-order valence-electron chi connectivity index (χ1n) is 7.13. The van der Waals surface area contributed by atoms with Crippen molar-refractivity contribution in [3.63, 3.8) is 0 Å². The zero-order valence-electron chi connectivity index (χ0n) is 11.6. The van der Waals surface area contributed by atoms with Gasteiger partial charge >= 0.3 is 5.97 Å². The lowest BCUT2D eigenvalue weighted by Gasteiger charge is -2.36. The molecule has 0 spiro atoms. The first kappa shape index (κ1) is 13.2. The third-order valence-electron chi connectivity index (χ3n) is 4.66. The number of esters is 1. The van der Waals surface area contributed by atoms with Crippen molar-refractivity contribution in [1.29, 1.82) is 0 Å². The van der Waals surface area contributed by atoms with Gasteiger partial charge < -0.3 is 10.1 Å². The van der Waals surface area contributed by atoms with E-state index in [1.54, 1.807) is 0 Å². The molecule has 2 aliphatic rings. The van der Waals surface area contributed by atoms with Crippen molar-refractivity contribution in [2.75, 3.05) is 7.11 Å². The lowest BCUT2D eigenvalue weighted by molar-refractivity contribution is -0.148. The Kier molecular flexibility index (Phi) is 3.50. The third kappa shape index (κ3) is 2.21. The van der Waals surface area contributed by atoms with Gasteiger partial charge in [-0.05, 0) is 37.0 Å². The molecule has 20 heavy (non-hydrogen) atoms. The summed E-state index contributed by atoms with van der Waals surface area (Å²) in [7, 11) is 1.47. The van der Waals surface area contributed by atoms with Crippen LogP contribution in [-0.2, 0) is 9.53 Å². The highest BCUT2D eigenvalue weighted by atomic mass is 16.5. The Hall–Kier alpha value is -1.79. The molecule has 1 N–H and O–H groups in total. The lowest BCUT2D eigenvalue weighted by Crippen LogP contribution is -2.48. The monoisotopic (exact) mass is 269 g/mol. The fourth-order valence-corrected chi connectivity index (χ4v) is 3.69. The minimum Gasteiger partial charge on any atom is -0.469 e. The Bertz CT molecular complexity index is 543. The number of carbonyl (C=O) groups is 1. The molecule has 2 heterocycles. The summed E-state index contributed by atoms with van der Waals surface area (Å²) >= 11 is 0. The first-order chi connectivity index (χ1) is 9.72. The van der Waals surface area contributed by atoms with Gasteiger partial charge in [0.15, 0.2) is 0 Å². The van der Waals surface area contributed by atoms with Gasteiger partial charge in [-0.3, -0.25) is 4.79 Å². The molecule has 0 saturated carbocycles. The maximum atomic E-state index is 12.2. The molecule has 0 aliphatic carbocycles. The number of hydrogen-bond donors (Lipinski definition) is 1. The van der Waals surface area contributed by atoms with E-state index in [0.29, 0.717) is 6.04 Å². The molecular formula is C17H19NO2. The van der Waals surface area contributed by atoms with Crippen LogP contribution >= 0.6 is 0 Å². The largest absolute Gasteiger partial charge is 0.469 e. The molecule has 0 aromatic heterocycles. The number of ether oxygens (including phenoxy) is 1. The second-order valence-corrected chi connectivity index (χ2v) is 5.70. The van der Waals surface area contributed by atoms with E-state index in [1.807, 2.05) is 12.1 Å². The number of rotatable bonds is 2. The van der Waals surface area contributed by atoms with E-state index in [2.05, 4.69) is 23.4 Å². The SMILES string of the molecule is C#Cc1ccc([C@H]2C[C@H]3CCC(N3)C2C(=O)OC)cc1. The predicted molar refractivity (Wildman–Crippen MR) is 77.2 cm³/mol. The molecule has 1 aromatic carbocycles. The minimum atomic E-state index is -0.103. The van der Waals surface area contributed by atoms with E-state index < -0.39 is 0 Å². The van der Waals surface area contributed by atoms with Crippen molar-refractivity contribution in [2.45, 2.75) is 37.3 Å². The summed E-state index contributed by atoms with van der Waals surface area (Å²) in [6.45, 7) is 0. The number of fused-ring (bicyclic) bond motifs is 2. The van der Waals surface area contributed by atoms with Crippen LogP contribution in [0, 0.1) is 18.3 Å².